The molecule has 4 aliphatic rings. The number of carboxylic acids is 1. The molecule has 0 spiro atoms. The highest BCUT2D eigenvalue weighted by atomic mass is 32.2. The SMILES string of the molecule is CC(C)Sc1c(OCC(C)(C)NC(=O)C=CC(=O)O)noc1C(=O)NC1C2CC3CC(C2)CC1C3. The van der Waals surface area contributed by atoms with Crippen LogP contribution in [0.5, 0.6) is 5.88 Å². The third-order valence-corrected chi connectivity index (χ3v) is 8.18. The van der Waals surface area contributed by atoms with Crippen molar-refractivity contribution in [2.75, 3.05) is 6.61 Å². The van der Waals surface area contributed by atoms with Gasteiger partial charge in [-0.1, -0.05) is 13.8 Å². The maximum atomic E-state index is 13.3. The standard InChI is InChI=1S/C25H35N3O6S/c1-13(2)35-22-21(23(32)26-20-16-8-14-7-15(10-16)11-17(20)9-14)34-28-24(22)33-12-25(3,4)27-18(29)5-6-19(30)31/h5-6,13-17,20H,7-12H2,1-4H3,(H,26,32)(H,27,29)(H,30,31). The van der Waals surface area contributed by atoms with Crippen molar-refractivity contribution in [3.8, 4) is 5.88 Å². The normalized spacial score (nSPS) is 27.4. The van der Waals surface area contributed by atoms with Gasteiger partial charge >= 0.3 is 5.97 Å². The van der Waals surface area contributed by atoms with Gasteiger partial charge in [0.1, 0.15) is 11.5 Å². The van der Waals surface area contributed by atoms with Gasteiger partial charge in [0.05, 0.1) is 5.54 Å². The zero-order valence-electron chi connectivity index (χ0n) is 20.7. The Balaban J connectivity index is 1.42. The van der Waals surface area contributed by atoms with Crippen molar-refractivity contribution in [3.05, 3.63) is 17.9 Å². The third-order valence-electron chi connectivity index (χ3n) is 7.11. The van der Waals surface area contributed by atoms with Crippen molar-refractivity contribution in [3.63, 3.8) is 0 Å². The minimum absolute atomic E-state index is 0.0500. The Labute approximate surface area is 209 Å². The highest BCUT2D eigenvalue weighted by Crippen LogP contribution is 2.53. The number of nitrogens with one attached hydrogen (secondary N) is 2. The number of carbonyl (C=O) groups excluding carboxylic acids is 2. The van der Waals surface area contributed by atoms with Crippen LogP contribution < -0.4 is 15.4 Å². The predicted octanol–water partition coefficient (Wildman–Crippen LogP) is 3.64. The summed E-state index contributed by atoms with van der Waals surface area (Å²) < 4.78 is 11.4. The Morgan fingerprint density at radius 1 is 1.14 bits per heavy atom. The Hall–Kier alpha value is -2.49. The number of aromatic nitrogens is 1. The zero-order chi connectivity index (χ0) is 25.3. The van der Waals surface area contributed by atoms with Crippen LogP contribution in [0.15, 0.2) is 21.6 Å². The Kier molecular flexibility index (Phi) is 7.49. The van der Waals surface area contributed by atoms with Crippen LogP contribution in [0.4, 0.5) is 0 Å². The van der Waals surface area contributed by atoms with Crippen LogP contribution >= 0.6 is 11.8 Å². The summed E-state index contributed by atoms with van der Waals surface area (Å²) in [6.45, 7) is 7.57. The third kappa shape index (κ3) is 6.20. The van der Waals surface area contributed by atoms with E-state index in [2.05, 4.69) is 15.8 Å². The lowest BCUT2D eigenvalue weighted by atomic mass is 9.54. The molecular formula is C25H35N3O6S. The van der Waals surface area contributed by atoms with Crippen molar-refractivity contribution >= 4 is 29.5 Å². The molecule has 0 aliphatic heterocycles. The first-order chi connectivity index (χ1) is 16.5. The molecule has 0 unspecified atom stereocenters. The molecule has 9 nitrogen and oxygen atoms in total. The van der Waals surface area contributed by atoms with Crippen LogP contribution in [0.2, 0.25) is 0 Å². The number of hydrogen-bond donors (Lipinski definition) is 3. The van der Waals surface area contributed by atoms with Gasteiger partial charge in [0.2, 0.25) is 11.7 Å². The van der Waals surface area contributed by atoms with Crippen LogP contribution in [0.25, 0.3) is 0 Å². The Morgan fingerprint density at radius 2 is 1.77 bits per heavy atom. The van der Waals surface area contributed by atoms with Gasteiger partial charge in [0, 0.05) is 23.4 Å². The molecule has 1 heterocycles. The minimum Gasteiger partial charge on any atom is -0.478 e. The Bertz CT molecular complexity index is 973. The molecule has 3 N–H and O–H groups in total. The summed E-state index contributed by atoms with van der Waals surface area (Å²) in [5.74, 6) is 1.13. The molecular weight excluding hydrogens is 470 g/mol. The van der Waals surface area contributed by atoms with Gasteiger partial charge in [0.15, 0.2) is 0 Å². The average molecular weight is 506 g/mol. The second kappa shape index (κ2) is 10.2. The van der Waals surface area contributed by atoms with E-state index in [1.54, 1.807) is 13.8 Å². The summed E-state index contributed by atoms with van der Waals surface area (Å²) in [6.07, 6.45) is 7.91. The van der Waals surface area contributed by atoms with E-state index in [1.165, 1.54) is 43.9 Å². The molecule has 4 bridgehead atoms. The molecule has 0 aromatic carbocycles. The van der Waals surface area contributed by atoms with Crippen LogP contribution in [-0.4, -0.2) is 51.5 Å². The van der Waals surface area contributed by atoms with E-state index < -0.39 is 17.4 Å². The molecule has 1 aromatic heterocycles. The zero-order valence-corrected chi connectivity index (χ0v) is 21.5. The van der Waals surface area contributed by atoms with E-state index in [4.69, 9.17) is 14.4 Å². The van der Waals surface area contributed by atoms with Crippen molar-refractivity contribution in [2.24, 2.45) is 23.7 Å². The molecule has 192 valence electrons. The predicted molar refractivity (Wildman–Crippen MR) is 130 cm³/mol. The number of carbonyl (C=O) groups is 3. The fourth-order valence-electron chi connectivity index (χ4n) is 6.03. The van der Waals surface area contributed by atoms with Gasteiger partial charge in [-0.2, -0.15) is 0 Å². The molecule has 2 amide bonds. The van der Waals surface area contributed by atoms with Gasteiger partial charge in [-0.3, -0.25) is 9.59 Å². The van der Waals surface area contributed by atoms with E-state index in [9.17, 15) is 14.4 Å². The van der Waals surface area contributed by atoms with Crippen molar-refractivity contribution in [1.29, 1.82) is 0 Å². The molecule has 4 saturated carbocycles. The molecule has 1 aromatic rings. The molecule has 0 radical (unpaired) electrons. The quantitative estimate of drug-likeness (QED) is 0.324. The monoisotopic (exact) mass is 505 g/mol. The average Bonchev–Trinajstić information content (AvgIpc) is 3.14. The van der Waals surface area contributed by atoms with Gasteiger partial charge < -0.3 is 25.0 Å². The number of thioether (sulfide) groups is 1. The number of nitrogens with zero attached hydrogens (tertiary/aromatic N) is 1. The van der Waals surface area contributed by atoms with E-state index in [0.29, 0.717) is 16.7 Å². The van der Waals surface area contributed by atoms with Crippen molar-refractivity contribution in [1.82, 2.24) is 15.8 Å². The van der Waals surface area contributed by atoms with Crippen molar-refractivity contribution in [2.45, 2.75) is 81.5 Å². The van der Waals surface area contributed by atoms with Crippen LogP contribution in [0.3, 0.4) is 0 Å². The summed E-state index contributed by atoms with van der Waals surface area (Å²) in [6, 6.07) is 0.190. The van der Waals surface area contributed by atoms with E-state index in [-0.39, 0.29) is 35.4 Å². The lowest BCUT2D eigenvalue weighted by Crippen LogP contribution is -2.55. The molecule has 10 heteroatoms. The highest BCUT2D eigenvalue weighted by Gasteiger charge is 2.49. The topological polar surface area (TPSA) is 131 Å². The lowest BCUT2D eigenvalue weighted by molar-refractivity contribution is -0.131. The lowest BCUT2D eigenvalue weighted by Gasteiger charge is -2.54. The number of aliphatic carboxylic acids is 1. The fourth-order valence-corrected chi connectivity index (χ4v) is 6.93. The number of hydrogen-bond acceptors (Lipinski definition) is 7. The van der Waals surface area contributed by atoms with Crippen LogP contribution in [0, 0.1) is 23.7 Å². The molecule has 0 saturated heterocycles. The number of carboxylic acid groups (broad SMARTS) is 1. The summed E-state index contributed by atoms with van der Waals surface area (Å²) in [4.78, 5) is 36.4. The summed E-state index contributed by atoms with van der Waals surface area (Å²) in [5, 5.41) is 18.8. The van der Waals surface area contributed by atoms with Gasteiger partial charge in [0.25, 0.3) is 11.8 Å². The first-order valence-corrected chi connectivity index (χ1v) is 13.2. The number of rotatable bonds is 10. The molecule has 35 heavy (non-hydrogen) atoms. The first-order valence-electron chi connectivity index (χ1n) is 12.3. The molecule has 4 aliphatic carbocycles. The second-order valence-electron chi connectivity index (χ2n) is 11.1. The summed E-state index contributed by atoms with van der Waals surface area (Å²) in [7, 11) is 0. The fraction of sp³-hybridized carbons (Fsp3) is 0.680. The van der Waals surface area contributed by atoms with Gasteiger partial charge in [-0.05, 0) is 74.8 Å². The second-order valence-corrected chi connectivity index (χ2v) is 12.7. The van der Waals surface area contributed by atoms with E-state index in [1.807, 2.05) is 13.8 Å². The molecule has 4 fully saturated rings. The minimum atomic E-state index is -1.20. The number of amides is 2. The van der Waals surface area contributed by atoms with Gasteiger partial charge in [-0.25, -0.2) is 4.79 Å². The van der Waals surface area contributed by atoms with Crippen LogP contribution in [0.1, 0.15) is 70.4 Å². The molecule has 0 atom stereocenters. The smallest absolute Gasteiger partial charge is 0.328 e. The first kappa shape index (κ1) is 25.6. The van der Waals surface area contributed by atoms with Crippen LogP contribution in [-0.2, 0) is 9.59 Å². The summed E-state index contributed by atoms with van der Waals surface area (Å²) in [5.41, 5.74) is -0.818. The Morgan fingerprint density at radius 3 is 2.34 bits per heavy atom. The van der Waals surface area contributed by atoms with E-state index >= 15 is 0 Å². The van der Waals surface area contributed by atoms with Crippen molar-refractivity contribution < 1.29 is 28.8 Å². The highest BCUT2D eigenvalue weighted by molar-refractivity contribution is 8.00. The number of ether oxygens (including phenoxy) is 1. The largest absolute Gasteiger partial charge is 0.478 e. The summed E-state index contributed by atoms with van der Waals surface area (Å²) >= 11 is 1.45. The maximum absolute atomic E-state index is 13.3. The molecule has 5 rings (SSSR count). The van der Waals surface area contributed by atoms with E-state index in [0.717, 1.165) is 24.0 Å². The maximum Gasteiger partial charge on any atom is 0.328 e. The van der Waals surface area contributed by atoms with Gasteiger partial charge in [-0.15, -0.1) is 11.8 Å².